The number of hydrogen-bond acceptors (Lipinski definition) is 4. The standard InChI is InChI=1S/C19H19ClN4O2/c1-13(19(25)21-11-15-6-3-4-9-18(15)26-2)24-12-17(22-23-24)14-7-5-8-16(20)10-14/h3-10,12-13H,11H2,1-2H3,(H,21,25). The van der Waals surface area contributed by atoms with E-state index in [1.165, 1.54) is 4.68 Å². The molecule has 3 aromatic rings. The van der Waals surface area contributed by atoms with Crippen molar-refractivity contribution in [1.29, 1.82) is 0 Å². The molecule has 0 saturated carbocycles. The number of nitrogens with zero attached hydrogens (tertiary/aromatic N) is 3. The summed E-state index contributed by atoms with van der Waals surface area (Å²) in [6, 6.07) is 14.4. The van der Waals surface area contributed by atoms with Gasteiger partial charge in [-0.25, -0.2) is 4.68 Å². The van der Waals surface area contributed by atoms with Crippen LogP contribution in [0.4, 0.5) is 0 Å². The molecule has 1 N–H and O–H groups in total. The zero-order chi connectivity index (χ0) is 18.5. The zero-order valence-electron chi connectivity index (χ0n) is 14.5. The lowest BCUT2D eigenvalue weighted by molar-refractivity contribution is -0.124. The molecule has 1 atom stereocenters. The molecule has 0 bridgehead atoms. The second kappa shape index (κ2) is 8.01. The molecule has 2 aromatic carbocycles. The first-order valence-electron chi connectivity index (χ1n) is 8.16. The highest BCUT2D eigenvalue weighted by Gasteiger charge is 2.17. The Balaban J connectivity index is 1.67. The SMILES string of the molecule is COc1ccccc1CNC(=O)C(C)n1cc(-c2cccc(Cl)c2)nn1. The largest absolute Gasteiger partial charge is 0.496 e. The van der Waals surface area contributed by atoms with Crippen molar-refractivity contribution in [2.24, 2.45) is 0 Å². The maximum Gasteiger partial charge on any atom is 0.244 e. The molecular weight excluding hydrogens is 352 g/mol. The van der Waals surface area contributed by atoms with Crippen LogP contribution < -0.4 is 10.1 Å². The number of carbonyl (C=O) groups excluding carboxylic acids is 1. The van der Waals surface area contributed by atoms with Crippen LogP contribution in [0.25, 0.3) is 11.3 Å². The van der Waals surface area contributed by atoms with E-state index in [0.717, 1.165) is 16.9 Å². The van der Waals surface area contributed by atoms with E-state index in [2.05, 4.69) is 15.6 Å². The third kappa shape index (κ3) is 4.03. The summed E-state index contributed by atoms with van der Waals surface area (Å²) >= 11 is 6.01. The van der Waals surface area contributed by atoms with E-state index in [1.807, 2.05) is 42.5 Å². The lowest BCUT2D eigenvalue weighted by Gasteiger charge is -2.13. The molecule has 0 fully saturated rings. The van der Waals surface area contributed by atoms with Crippen LogP contribution in [0.3, 0.4) is 0 Å². The van der Waals surface area contributed by atoms with E-state index in [9.17, 15) is 4.79 Å². The molecule has 0 radical (unpaired) electrons. The average Bonchev–Trinajstić information content (AvgIpc) is 3.16. The lowest BCUT2D eigenvalue weighted by atomic mass is 10.2. The summed E-state index contributed by atoms with van der Waals surface area (Å²) in [5.74, 6) is 0.586. The number of ether oxygens (including phenoxy) is 1. The van der Waals surface area contributed by atoms with Crippen LogP contribution >= 0.6 is 11.6 Å². The molecule has 0 saturated heterocycles. The molecule has 6 nitrogen and oxygen atoms in total. The van der Waals surface area contributed by atoms with Crippen LogP contribution in [0.5, 0.6) is 5.75 Å². The Hall–Kier alpha value is -2.86. The van der Waals surface area contributed by atoms with Crippen molar-refractivity contribution >= 4 is 17.5 Å². The molecular formula is C19H19ClN4O2. The summed E-state index contributed by atoms with van der Waals surface area (Å²) in [4.78, 5) is 12.5. The summed E-state index contributed by atoms with van der Waals surface area (Å²) in [7, 11) is 1.61. The first kappa shape index (κ1) is 17.9. The fourth-order valence-corrected chi connectivity index (χ4v) is 2.74. The highest BCUT2D eigenvalue weighted by atomic mass is 35.5. The van der Waals surface area contributed by atoms with Crippen LogP contribution in [0.2, 0.25) is 5.02 Å². The molecule has 1 amide bonds. The molecule has 1 aromatic heterocycles. The van der Waals surface area contributed by atoms with Crippen LogP contribution in [0, 0.1) is 0 Å². The minimum Gasteiger partial charge on any atom is -0.496 e. The number of benzene rings is 2. The second-order valence-electron chi connectivity index (χ2n) is 5.80. The molecule has 3 rings (SSSR count). The zero-order valence-corrected chi connectivity index (χ0v) is 15.3. The highest BCUT2D eigenvalue weighted by molar-refractivity contribution is 6.30. The third-order valence-corrected chi connectivity index (χ3v) is 4.29. The number of nitrogens with one attached hydrogen (secondary N) is 1. The minimum absolute atomic E-state index is 0.154. The van der Waals surface area contributed by atoms with Crippen LogP contribution in [-0.2, 0) is 11.3 Å². The van der Waals surface area contributed by atoms with Crippen molar-refractivity contribution in [2.45, 2.75) is 19.5 Å². The Kier molecular flexibility index (Phi) is 5.53. The van der Waals surface area contributed by atoms with Crippen LogP contribution in [-0.4, -0.2) is 28.0 Å². The quantitative estimate of drug-likeness (QED) is 0.721. The van der Waals surface area contributed by atoms with Gasteiger partial charge in [-0.2, -0.15) is 0 Å². The predicted octanol–water partition coefficient (Wildman–Crippen LogP) is 3.48. The second-order valence-corrected chi connectivity index (χ2v) is 6.24. The van der Waals surface area contributed by atoms with Crippen molar-refractivity contribution in [3.8, 4) is 17.0 Å². The van der Waals surface area contributed by atoms with Gasteiger partial charge < -0.3 is 10.1 Å². The number of aromatic nitrogens is 3. The van der Waals surface area contributed by atoms with Gasteiger partial charge >= 0.3 is 0 Å². The van der Waals surface area contributed by atoms with Gasteiger partial charge in [0.05, 0.1) is 13.3 Å². The van der Waals surface area contributed by atoms with Gasteiger partial charge in [0.2, 0.25) is 5.91 Å². The number of para-hydroxylation sites is 1. The van der Waals surface area contributed by atoms with Gasteiger partial charge in [-0.1, -0.05) is 47.1 Å². The van der Waals surface area contributed by atoms with E-state index in [0.29, 0.717) is 17.3 Å². The van der Waals surface area contributed by atoms with E-state index in [4.69, 9.17) is 16.3 Å². The molecule has 1 heterocycles. The monoisotopic (exact) mass is 370 g/mol. The number of methoxy groups -OCH3 is 1. The molecule has 26 heavy (non-hydrogen) atoms. The maximum atomic E-state index is 12.5. The summed E-state index contributed by atoms with van der Waals surface area (Å²) in [6.07, 6.45) is 1.74. The molecule has 0 aliphatic carbocycles. The lowest BCUT2D eigenvalue weighted by Crippen LogP contribution is -2.31. The smallest absolute Gasteiger partial charge is 0.244 e. The normalized spacial score (nSPS) is 11.8. The van der Waals surface area contributed by atoms with E-state index in [1.54, 1.807) is 26.3 Å². The molecule has 0 aliphatic rings. The minimum atomic E-state index is -0.495. The molecule has 0 spiro atoms. The van der Waals surface area contributed by atoms with E-state index < -0.39 is 6.04 Å². The maximum absolute atomic E-state index is 12.5. The summed E-state index contributed by atoms with van der Waals surface area (Å²) in [6.45, 7) is 2.15. The van der Waals surface area contributed by atoms with Crippen LogP contribution in [0.15, 0.2) is 54.7 Å². The van der Waals surface area contributed by atoms with Gasteiger partial charge in [-0.15, -0.1) is 5.10 Å². The van der Waals surface area contributed by atoms with Crippen molar-refractivity contribution in [3.05, 3.63) is 65.3 Å². The molecule has 134 valence electrons. The molecule has 0 aliphatic heterocycles. The summed E-state index contributed by atoms with van der Waals surface area (Å²) in [5, 5.41) is 11.7. The van der Waals surface area contributed by atoms with Gasteiger partial charge in [0.25, 0.3) is 0 Å². The molecule has 7 heteroatoms. The predicted molar refractivity (Wildman–Crippen MR) is 100 cm³/mol. The Morgan fingerprint density at radius 2 is 2.08 bits per heavy atom. The van der Waals surface area contributed by atoms with Gasteiger partial charge in [0.15, 0.2) is 0 Å². The Labute approximate surface area is 156 Å². The van der Waals surface area contributed by atoms with Crippen LogP contribution in [0.1, 0.15) is 18.5 Å². The Bertz CT molecular complexity index is 910. The van der Waals surface area contributed by atoms with Crippen molar-refractivity contribution in [3.63, 3.8) is 0 Å². The number of hydrogen-bond donors (Lipinski definition) is 1. The summed E-state index contributed by atoms with van der Waals surface area (Å²) < 4.78 is 6.83. The third-order valence-electron chi connectivity index (χ3n) is 4.05. The molecule has 1 unspecified atom stereocenters. The average molecular weight is 371 g/mol. The first-order chi connectivity index (χ1) is 12.6. The van der Waals surface area contributed by atoms with E-state index in [-0.39, 0.29) is 5.91 Å². The van der Waals surface area contributed by atoms with Crippen molar-refractivity contribution in [1.82, 2.24) is 20.3 Å². The first-order valence-corrected chi connectivity index (χ1v) is 8.53. The van der Waals surface area contributed by atoms with Crippen molar-refractivity contribution < 1.29 is 9.53 Å². The number of amides is 1. The number of carbonyl (C=O) groups is 1. The van der Waals surface area contributed by atoms with Gasteiger partial charge in [0, 0.05) is 22.7 Å². The van der Waals surface area contributed by atoms with Gasteiger partial charge in [-0.05, 0) is 25.1 Å². The van der Waals surface area contributed by atoms with Gasteiger partial charge in [0.1, 0.15) is 17.5 Å². The Morgan fingerprint density at radius 3 is 2.85 bits per heavy atom. The summed E-state index contributed by atoms with van der Waals surface area (Å²) in [5.41, 5.74) is 2.43. The number of rotatable bonds is 6. The highest BCUT2D eigenvalue weighted by Crippen LogP contribution is 2.21. The fourth-order valence-electron chi connectivity index (χ4n) is 2.55. The fraction of sp³-hybridized carbons (Fsp3) is 0.211. The Morgan fingerprint density at radius 1 is 1.27 bits per heavy atom. The topological polar surface area (TPSA) is 69.0 Å². The number of halogens is 1. The van der Waals surface area contributed by atoms with Gasteiger partial charge in [-0.3, -0.25) is 4.79 Å². The van der Waals surface area contributed by atoms with E-state index >= 15 is 0 Å². The van der Waals surface area contributed by atoms with Crippen molar-refractivity contribution in [2.75, 3.05) is 7.11 Å².